The second-order valence-electron chi connectivity index (χ2n) is 7.68. The highest BCUT2D eigenvalue weighted by atomic mass is 32.2. The van der Waals surface area contributed by atoms with E-state index in [4.69, 9.17) is 0 Å². The molecule has 3 aromatic carbocycles. The van der Waals surface area contributed by atoms with Gasteiger partial charge in [-0.3, -0.25) is 9.10 Å². The first-order chi connectivity index (χ1) is 15.2. The quantitative estimate of drug-likeness (QED) is 0.432. The summed E-state index contributed by atoms with van der Waals surface area (Å²) in [4.78, 5) is 12.7. The Morgan fingerprint density at radius 3 is 2.22 bits per heavy atom. The number of hydrogen-bond donors (Lipinski definition) is 1. The molecule has 32 heavy (non-hydrogen) atoms. The van der Waals surface area contributed by atoms with E-state index in [1.165, 1.54) is 11.1 Å². The van der Waals surface area contributed by atoms with Crippen LogP contribution in [0.1, 0.15) is 27.8 Å². The number of amides is 1. The van der Waals surface area contributed by atoms with E-state index in [-0.39, 0.29) is 4.90 Å². The summed E-state index contributed by atoms with van der Waals surface area (Å²) in [6.07, 6.45) is 1.57. The fourth-order valence-corrected chi connectivity index (χ4v) is 4.62. The molecule has 0 spiro atoms. The number of hydrazone groups is 1. The van der Waals surface area contributed by atoms with Crippen molar-refractivity contribution < 1.29 is 13.2 Å². The number of para-hydroxylation sites is 1. The van der Waals surface area contributed by atoms with E-state index in [2.05, 4.69) is 10.5 Å². The Balaban J connectivity index is 1.82. The first-order valence-electron chi connectivity index (χ1n) is 10.2. The molecule has 0 heterocycles. The molecule has 1 N–H and O–H groups in total. The lowest BCUT2D eigenvalue weighted by Gasteiger charge is -2.23. The van der Waals surface area contributed by atoms with Gasteiger partial charge in [-0.2, -0.15) is 5.10 Å². The van der Waals surface area contributed by atoms with Crippen LogP contribution in [0.25, 0.3) is 0 Å². The minimum atomic E-state index is -3.94. The van der Waals surface area contributed by atoms with Crippen molar-refractivity contribution in [2.75, 3.05) is 10.8 Å². The van der Waals surface area contributed by atoms with Gasteiger partial charge >= 0.3 is 0 Å². The SMILES string of the molecule is Cc1ccc(S(=O)(=O)N(CC(=O)N/N=C/c2ccc(C)c(C)c2C)c2ccccc2)cc1. The summed E-state index contributed by atoms with van der Waals surface area (Å²) in [6, 6.07) is 19.0. The van der Waals surface area contributed by atoms with Crippen molar-refractivity contribution in [1.82, 2.24) is 5.43 Å². The second kappa shape index (κ2) is 9.78. The molecule has 7 heteroatoms. The first kappa shape index (κ1) is 23.2. The van der Waals surface area contributed by atoms with Crippen molar-refractivity contribution >= 4 is 27.8 Å². The second-order valence-corrected chi connectivity index (χ2v) is 9.54. The highest BCUT2D eigenvalue weighted by Gasteiger charge is 2.27. The molecule has 0 saturated carbocycles. The molecule has 0 bridgehead atoms. The Kier molecular flexibility index (Phi) is 7.10. The van der Waals surface area contributed by atoms with Gasteiger partial charge in [0.2, 0.25) is 0 Å². The van der Waals surface area contributed by atoms with Gasteiger partial charge in [0.05, 0.1) is 16.8 Å². The zero-order chi connectivity index (χ0) is 23.3. The van der Waals surface area contributed by atoms with E-state index in [1.807, 2.05) is 39.8 Å². The summed E-state index contributed by atoms with van der Waals surface area (Å²) in [5, 5.41) is 4.04. The van der Waals surface area contributed by atoms with E-state index < -0.39 is 22.5 Å². The summed E-state index contributed by atoms with van der Waals surface area (Å²) in [6.45, 7) is 7.56. The summed E-state index contributed by atoms with van der Waals surface area (Å²) in [5.41, 5.74) is 8.12. The Bertz CT molecular complexity index is 1240. The van der Waals surface area contributed by atoms with Crippen molar-refractivity contribution in [3.05, 3.63) is 94.5 Å². The van der Waals surface area contributed by atoms with E-state index in [9.17, 15) is 13.2 Å². The molecule has 3 rings (SSSR count). The maximum absolute atomic E-state index is 13.3. The zero-order valence-corrected chi connectivity index (χ0v) is 19.5. The van der Waals surface area contributed by atoms with Crippen LogP contribution in [0.15, 0.2) is 76.7 Å². The Hall–Kier alpha value is -3.45. The number of rotatable bonds is 7. The molecule has 0 atom stereocenters. The van der Waals surface area contributed by atoms with Gasteiger partial charge in [-0.05, 0) is 74.2 Å². The molecule has 166 valence electrons. The standard InChI is InChI=1S/C25H27N3O3S/c1-18-10-14-24(15-11-18)32(30,31)28(23-8-6-5-7-9-23)17-25(29)27-26-16-22-13-12-19(2)20(3)21(22)4/h5-16H,17H2,1-4H3,(H,27,29)/b26-16+. The van der Waals surface area contributed by atoms with Crippen LogP contribution in [0.5, 0.6) is 0 Å². The van der Waals surface area contributed by atoms with Crippen LogP contribution < -0.4 is 9.73 Å². The summed E-state index contributed by atoms with van der Waals surface area (Å²) >= 11 is 0. The molecule has 1 amide bonds. The maximum atomic E-state index is 13.3. The third kappa shape index (κ3) is 5.23. The van der Waals surface area contributed by atoms with E-state index in [0.717, 1.165) is 21.0 Å². The van der Waals surface area contributed by atoms with Gasteiger partial charge < -0.3 is 0 Å². The van der Waals surface area contributed by atoms with E-state index in [0.29, 0.717) is 5.69 Å². The predicted molar refractivity (Wildman–Crippen MR) is 129 cm³/mol. The number of carbonyl (C=O) groups excluding carboxylic acids is 1. The van der Waals surface area contributed by atoms with Crippen molar-refractivity contribution in [3.63, 3.8) is 0 Å². The van der Waals surface area contributed by atoms with Gasteiger partial charge in [0.25, 0.3) is 15.9 Å². The van der Waals surface area contributed by atoms with Gasteiger partial charge in [0, 0.05) is 0 Å². The van der Waals surface area contributed by atoms with Crippen LogP contribution in [0.3, 0.4) is 0 Å². The number of anilines is 1. The zero-order valence-electron chi connectivity index (χ0n) is 18.7. The number of carbonyl (C=O) groups is 1. The van der Waals surface area contributed by atoms with E-state index >= 15 is 0 Å². The molecule has 0 unspecified atom stereocenters. The normalized spacial score (nSPS) is 11.5. The van der Waals surface area contributed by atoms with Crippen LogP contribution in [-0.4, -0.2) is 27.1 Å². The molecule has 3 aromatic rings. The van der Waals surface area contributed by atoms with Gasteiger partial charge in [-0.25, -0.2) is 13.8 Å². The largest absolute Gasteiger partial charge is 0.271 e. The summed E-state index contributed by atoms with van der Waals surface area (Å²) in [5.74, 6) is -0.540. The number of nitrogens with one attached hydrogen (secondary N) is 1. The molecular formula is C25H27N3O3S. The summed E-state index contributed by atoms with van der Waals surface area (Å²) in [7, 11) is -3.94. The molecule has 0 radical (unpaired) electrons. The van der Waals surface area contributed by atoms with Crippen molar-refractivity contribution in [2.45, 2.75) is 32.6 Å². The highest BCUT2D eigenvalue weighted by Crippen LogP contribution is 2.23. The lowest BCUT2D eigenvalue weighted by molar-refractivity contribution is -0.119. The van der Waals surface area contributed by atoms with Gasteiger partial charge in [-0.1, -0.05) is 48.0 Å². The number of benzene rings is 3. The first-order valence-corrected chi connectivity index (χ1v) is 11.7. The maximum Gasteiger partial charge on any atom is 0.264 e. The fraction of sp³-hybridized carbons (Fsp3) is 0.200. The Morgan fingerprint density at radius 2 is 1.56 bits per heavy atom. The molecule has 0 saturated heterocycles. The number of aryl methyl sites for hydroxylation is 2. The van der Waals surface area contributed by atoms with Crippen LogP contribution in [0.2, 0.25) is 0 Å². The third-order valence-corrected chi connectivity index (χ3v) is 7.22. The number of sulfonamides is 1. The molecule has 0 aliphatic heterocycles. The van der Waals surface area contributed by atoms with Crippen LogP contribution in [0, 0.1) is 27.7 Å². The lowest BCUT2D eigenvalue weighted by atomic mass is 10.00. The predicted octanol–water partition coefficient (Wildman–Crippen LogP) is 4.27. The Labute approximate surface area is 189 Å². The minimum Gasteiger partial charge on any atom is -0.271 e. The van der Waals surface area contributed by atoms with Crippen LogP contribution in [-0.2, 0) is 14.8 Å². The van der Waals surface area contributed by atoms with Gasteiger partial charge in [0.1, 0.15) is 6.54 Å². The minimum absolute atomic E-state index is 0.119. The highest BCUT2D eigenvalue weighted by molar-refractivity contribution is 7.92. The fourth-order valence-electron chi connectivity index (χ4n) is 3.20. The third-order valence-electron chi connectivity index (χ3n) is 5.43. The number of nitrogens with zero attached hydrogens (tertiary/aromatic N) is 2. The average molecular weight is 450 g/mol. The molecule has 0 aliphatic rings. The lowest BCUT2D eigenvalue weighted by Crippen LogP contribution is -2.39. The molecule has 0 fully saturated rings. The van der Waals surface area contributed by atoms with Crippen LogP contribution >= 0.6 is 0 Å². The molecule has 0 aromatic heterocycles. The Morgan fingerprint density at radius 1 is 0.906 bits per heavy atom. The van der Waals surface area contributed by atoms with Crippen molar-refractivity contribution in [1.29, 1.82) is 0 Å². The topological polar surface area (TPSA) is 78.8 Å². The smallest absolute Gasteiger partial charge is 0.264 e. The van der Waals surface area contributed by atoms with Crippen molar-refractivity contribution in [3.8, 4) is 0 Å². The van der Waals surface area contributed by atoms with E-state index in [1.54, 1.807) is 60.8 Å². The van der Waals surface area contributed by atoms with Gasteiger partial charge in [-0.15, -0.1) is 0 Å². The average Bonchev–Trinajstić information content (AvgIpc) is 2.78. The molecular weight excluding hydrogens is 422 g/mol. The van der Waals surface area contributed by atoms with Crippen LogP contribution in [0.4, 0.5) is 5.69 Å². The van der Waals surface area contributed by atoms with Crippen molar-refractivity contribution in [2.24, 2.45) is 5.10 Å². The monoisotopic (exact) mass is 449 g/mol. The summed E-state index contributed by atoms with van der Waals surface area (Å²) < 4.78 is 27.7. The molecule has 6 nitrogen and oxygen atoms in total. The van der Waals surface area contributed by atoms with Gasteiger partial charge in [0.15, 0.2) is 0 Å². The number of hydrogen-bond acceptors (Lipinski definition) is 4. The molecule has 0 aliphatic carbocycles.